The van der Waals surface area contributed by atoms with Gasteiger partial charge in [-0.3, -0.25) is 4.79 Å². The van der Waals surface area contributed by atoms with Crippen LogP contribution >= 0.6 is 11.6 Å². The molecule has 1 aliphatic carbocycles. The highest BCUT2D eigenvalue weighted by Crippen LogP contribution is 2.34. The lowest BCUT2D eigenvalue weighted by Gasteiger charge is -2.25. The van der Waals surface area contributed by atoms with Gasteiger partial charge in [0.05, 0.1) is 19.8 Å². The van der Waals surface area contributed by atoms with E-state index < -0.39 is 18.4 Å². The molecule has 23 heavy (non-hydrogen) atoms. The number of rotatable bonds is 8. The summed E-state index contributed by atoms with van der Waals surface area (Å²) < 4.78 is 37.5. The van der Waals surface area contributed by atoms with Crippen LogP contribution in [0.2, 0.25) is 0 Å². The molecule has 1 amide bonds. The lowest BCUT2D eigenvalue weighted by molar-refractivity contribution is -0.134. The van der Waals surface area contributed by atoms with Crippen molar-refractivity contribution in [2.45, 2.75) is 38.3 Å². The van der Waals surface area contributed by atoms with Crippen LogP contribution in [0.5, 0.6) is 11.5 Å². The topological polar surface area (TPSA) is 38.8 Å². The minimum Gasteiger partial charge on any atom is -0.493 e. The molecule has 0 heterocycles. The molecular weight excluding hydrogens is 328 g/mol. The summed E-state index contributed by atoms with van der Waals surface area (Å²) in [5.41, 5.74) is 0.684. The van der Waals surface area contributed by atoms with Gasteiger partial charge in [-0.05, 0) is 30.5 Å². The Kier molecular flexibility index (Phi) is 5.68. The number of benzene rings is 1. The first-order valence-electron chi connectivity index (χ1n) is 7.37. The number of methoxy groups -OCH3 is 1. The van der Waals surface area contributed by atoms with E-state index >= 15 is 0 Å². The number of amides is 1. The van der Waals surface area contributed by atoms with E-state index in [4.69, 9.17) is 21.1 Å². The first kappa shape index (κ1) is 17.8. The number of alkyl halides is 3. The molecule has 0 atom stereocenters. The molecule has 1 saturated carbocycles. The molecule has 0 unspecified atom stereocenters. The number of hydrogen-bond acceptors (Lipinski definition) is 3. The van der Waals surface area contributed by atoms with Crippen molar-refractivity contribution < 1.29 is 23.0 Å². The van der Waals surface area contributed by atoms with Crippen LogP contribution in [0, 0.1) is 0 Å². The molecule has 0 radical (unpaired) electrons. The highest BCUT2D eigenvalue weighted by atomic mass is 35.5. The van der Waals surface area contributed by atoms with Crippen LogP contribution in [-0.4, -0.2) is 42.4 Å². The maximum atomic E-state index is 13.3. The maximum absolute atomic E-state index is 13.3. The van der Waals surface area contributed by atoms with Crippen molar-refractivity contribution in [2.75, 3.05) is 19.5 Å². The average molecular weight is 348 g/mol. The van der Waals surface area contributed by atoms with Gasteiger partial charge in [-0.2, -0.15) is 0 Å². The first-order chi connectivity index (χ1) is 10.8. The van der Waals surface area contributed by atoms with Crippen molar-refractivity contribution in [3.05, 3.63) is 23.8 Å². The molecule has 1 aliphatic rings. The standard InChI is InChI=1S/C16H20ClF2NO3/c1-16(18,19)10-20(15(21)8-17)9-11-3-6-13(22-2)14(7-11)23-12-4-5-12/h3,6-7,12H,4-5,8-10H2,1-2H3. The molecule has 0 aliphatic heterocycles. The van der Waals surface area contributed by atoms with Gasteiger partial charge in [-0.25, -0.2) is 8.78 Å². The van der Waals surface area contributed by atoms with Crippen molar-refractivity contribution in [2.24, 2.45) is 0 Å². The molecule has 1 aromatic rings. The number of carbonyl (C=O) groups excluding carboxylic acids is 1. The second kappa shape index (κ2) is 7.34. The van der Waals surface area contributed by atoms with Gasteiger partial charge in [0.15, 0.2) is 11.5 Å². The van der Waals surface area contributed by atoms with Crippen molar-refractivity contribution in [3.8, 4) is 11.5 Å². The van der Waals surface area contributed by atoms with Crippen LogP contribution in [0.1, 0.15) is 25.3 Å². The van der Waals surface area contributed by atoms with Crippen LogP contribution in [-0.2, 0) is 11.3 Å². The Morgan fingerprint density at radius 2 is 2.09 bits per heavy atom. The van der Waals surface area contributed by atoms with Gasteiger partial charge in [-0.15, -0.1) is 11.6 Å². The highest BCUT2D eigenvalue weighted by molar-refractivity contribution is 6.27. The van der Waals surface area contributed by atoms with Gasteiger partial charge in [0.2, 0.25) is 5.91 Å². The molecular formula is C16H20ClF2NO3. The van der Waals surface area contributed by atoms with Crippen molar-refractivity contribution in [1.82, 2.24) is 4.90 Å². The lowest BCUT2D eigenvalue weighted by Crippen LogP contribution is -2.39. The third kappa shape index (κ3) is 5.53. The van der Waals surface area contributed by atoms with Gasteiger partial charge in [0.1, 0.15) is 5.88 Å². The quantitative estimate of drug-likeness (QED) is 0.676. The predicted octanol–water partition coefficient (Wildman–Crippen LogP) is 3.46. The van der Waals surface area contributed by atoms with Crippen molar-refractivity contribution in [3.63, 3.8) is 0 Å². The summed E-state index contributed by atoms with van der Waals surface area (Å²) in [4.78, 5) is 12.8. The molecule has 7 heteroatoms. The molecule has 1 fully saturated rings. The average Bonchev–Trinajstić information content (AvgIpc) is 3.28. The lowest BCUT2D eigenvalue weighted by atomic mass is 10.1. The molecule has 0 bridgehead atoms. The first-order valence-corrected chi connectivity index (χ1v) is 7.91. The fourth-order valence-electron chi connectivity index (χ4n) is 2.15. The van der Waals surface area contributed by atoms with Gasteiger partial charge >= 0.3 is 0 Å². The Bertz CT molecular complexity index is 559. The Hall–Kier alpha value is -1.56. The number of nitrogens with zero attached hydrogens (tertiary/aromatic N) is 1. The largest absolute Gasteiger partial charge is 0.493 e. The number of ether oxygens (including phenoxy) is 2. The summed E-state index contributed by atoms with van der Waals surface area (Å²) in [5, 5.41) is 0. The summed E-state index contributed by atoms with van der Waals surface area (Å²) in [6.07, 6.45) is 2.16. The normalized spacial score (nSPS) is 14.5. The third-order valence-corrected chi connectivity index (χ3v) is 3.58. The summed E-state index contributed by atoms with van der Waals surface area (Å²) >= 11 is 5.52. The third-order valence-electron chi connectivity index (χ3n) is 3.36. The van der Waals surface area contributed by atoms with Crippen LogP contribution in [0.25, 0.3) is 0 Å². The Morgan fingerprint density at radius 3 is 2.61 bits per heavy atom. The van der Waals surface area contributed by atoms with Gasteiger partial charge in [-0.1, -0.05) is 6.07 Å². The molecule has 4 nitrogen and oxygen atoms in total. The molecule has 0 saturated heterocycles. The SMILES string of the molecule is COc1ccc(CN(CC(C)(F)F)C(=O)CCl)cc1OC1CC1. The van der Waals surface area contributed by atoms with E-state index in [1.165, 1.54) is 7.11 Å². The van der Waals surface area contributed by atoms with Gasteiger partial charge < -0.3 is 14.4 Å². The molecule has 128 valence electrons. The number of halogens is 3. The molecule has 0 spiro atoms. The highest BCUT2D eigenvalue weighted by Gasteiger charge is 2.29. The zero-order chi connectivity index (χ0) is 17.0. The van der Waals surface area contributed by atoms with E-state index in [2.05, 4.69) is 0 Å². The predicted molar refractivity (Wildman–Crippen MR) is 83.4 cm³/mol. The number of carbonyl (C=O) groups is 1. The molecule has 1 aromatic carbocycles. The van der Waals surface area contributed by atoms with Gasteiger partial charge in [0, 0.05) is 13.5 Å². The van der Waals surface area contributed by atoms with Crippen LogP contribution < -0.4 is 9.47 Å². The minimum atomic E-state index is -2.98. The van der Waals surface area contributed by atoms with E-state index in [0.717, 1.165) is 24.7 Å². The fraction of sp³-hybridized carbons (Fsp3) is 0.562. The number of hydrogen-bond donors (Lipinski definition) is 0. The summed E-state index contributed by atoms with van der Waals surface area (Å²) in [5.74, 6) is -2.71. The monoisotopic (exact) mass is 347 g/mol. The Morgan fingerprint density at radius 1 is 1.39 bits per heavy atom. The second-order valence-electron chi connectivity index (χ2n) is 5.76. The summed E-state index contributed by atoms with van der Waals surface area (Å²) in [7, 11) is 1.54. The smallest absolute Gasteiger partial charge is 0.262 e. The zero-order valence-electron chi connectivity index (χ0n) is 13.2. The minimum absolute atomic E-state index is 0.0417. The van der Waals surface area contributed by atoms with Crippen LogP contribution in [0.15, 0.2) is 18.2 Å². The van der Waals surface area contributed by atoms with E-state index in [9.17, 15) is 13.6 Å². The fourth-order valence-corrected chi connectivity index (χ4v) is 2.32. The van der Waals surface area contributed by atoms with Crippen LogP contribution in [0.3, 0.4) is 0 Å². The van der Waals surface area contributed by atoms with E-state index in [1.807, 2.05) is 0 Å². The molecule has 2 rings (SSSR count). The Balaban J connectivity index is 2.16. The van der Waals surface area contributed by atoms with E-state index in [0.29, 0.717) is 17.1 Å². The zero-order valence-corrected chi connectivity index (χ0v) is 13.9. The van der Waals surface area contributed by atoms with E-state index in [1.54, 1.807) is 18.2 Å². The summed E-state index contributed by atoms with van der Waals surface area (Å²) in [6.45, 7) is 0.139. The van der Waals surface area contributed by atoms with E-state index in [-0.39, 0.29) is 18.5 Å². The molecule has 0 N–H and O–H groups in total. The molecule has 0 aromatic heterocycles. The second-order valence-corrected chi connectivity index (χ2v) is 6.02. The summed E-state index contributed by atoms with van der Waals surface area (Å²) in [6, 6.07) is 5.15. The Labute approximate surface area is 139 Å². The van der Waals surface area contributed by atoms with Crippen molar-refractivity contribution in [1.29, 1.82) is 0 Å². The van der Waals surface area contributed by atoms with Crippen LogP contribution in [0.4, 0.5) is 8.78 Å². The maximum Gasteiger partial charge on any atom is 0.262 e. The van der Waals surface area contributed by atoms with Gasteiger partial charge in [0.25, 0.3) is 5.92 Å². The van der Waals surface area contributed by atoms with Crippen molar-refractivity contribution >= 4 is 17.5 Å².